The van der Waals surface area contributed by atoms with Crippen LogP contribution in [-0.4, -0.2) is 15.5 Å². The molecule has 0 aromatic heterocycles. The van der Waals surface area contributed by atoms with Crippen LogP contribution in [0, 0.1) is 5.92 Å². The van der Waals surface area contributed by atoms with Gasteiger partial charge >= 0.3 is 0 Å². The largest absolute Gasteiger partial charge is 0.497 e. The molecule has 2 rings (SSSR count). The first-order valence-corrected chi connectivity index (χ1v) is 9.72. The average Bonchev–Trinajstić information content (AvgIpc) is 2.54. The molecule has 0 aliphatic heterocycles. The number of nitrogens with one attached hydrogen (secondary N) is 1. The Morgan fingerprint density at radius 1 is 1.00 bits per heavy atom. The normalized spacial score (nSPS) is 13.0. The second-order valence-electron chi connectivity index (χ2n) is 6.32. The van der Waals surface area contributed by atoms with Crippen molar-refractivity contribution in [3.8, 4) is 5.75 Å². The van der Waals surface area contributed by atoms with E-state index < -0.39 is 10.0 Å². The third-order valence-electron chi connectivity index (χ3n) is 3.75. The Hall–Kier alpha value is -1.85. The lowest BCUT2D eigenvalue weighted by molar-refractivity contribution is 0.414. The van der Waals surface area contributed by atoms with Crippen LogP contribution in [0.4, 0.5) is 0 Å². The molecule has 1 unspecified atom stereocenters. The van der Waals surface area contributed by atoms with Gasteiger partial charge in [0.1, 0.15) is 5.75 Å². The molecule has 130 valence electrons. The van der Waals surface area contributed by atoms with Crippen LogP contribution in [0.1, 0.15) is 37.4 Å². The Morgan fingerprint density at radius 3 is 2.17 bits per heavy atom. The molecule has 0 amide bonds. The number of methoxy groups -OCH3 is 1. The molecule has 2 aromatic carbocycles. The van der Waals surface area contributed by atoms with Gasteiger partial charge in [-0.25, -0.2) is 13.1 Å². The first kappa shape index (κ1) is 18.5. The van der Waals surface area contributed by atoms with Gasteiger partial charge in [0, 0.05) is 6.04 Å². The van der Waals surface area contributed by atoms with Gasteiger partial charge in [-0.2, -0.15) is 0 Å². The third kappa shape index (κ3) is 5.65. The quantitative estimate of drug-likeness (QED) is 0.788. The van der Waals surface area contributed by atoms with Crippen LogP contribution >= 0.6 is 0 Å². The molecule has 0 aliphatic carbocycles. The zero-order valence-corrected chi connectivity index (χ0v) is 15.2. The average molecular weight is 347 g/mol. The number of rotatable bonds is 8. The molecule has 0 spiro atoms. The van der Waals surface area contributed by atoms with Crippen LogP contribution in [0.2, 0.25) is 0 Å². The van der Waals surface area contributed by atoms with E-state index in [0.717, 1.165) is 23.3 Å². The van der Waals surface area contributed by atoms with Gasteiger partial charge < -0.3 is 4.74 Å². The molecule has 0 radical (unpaired) electrons. The number of ether oxygens (including phenoxy) is 1. The summed E-state index contributed by atoms with van der Waals surface area (Å²) in [7, 11) is -1.81. The molecule has 0 fully saturated rings. The standard InChI is InChI=1S/C19H25NO3S/c1-15(2)13-19(17-9-11-18(23-3)12-10-17)20-24(21,22)14-16-7-5-4-6-8-16/h4-12,15,19-20H,13-14H2,1-3H3. The summed E-state index contributed by atoms with van der Waals surface area (Å²) >= 11 is 0. The first-order valence-electron chi connectivity index (χ1n) is 8.07. The fourth-order valence-corrected chi connectivity index (χ4v) is 3.99. The fourth-order valence-electron chi connectivity index (χ4n) is 2.61. The van der Waals surface area contributed by atoms with Crippen LogP contribution < -0.4 is 9.46 Å². The molecule has 24 heavy (non-hydrogen) atoms. The smallest absolute Gasteiger partial charge is 0.216 e. The molecule has 0 bridgehead atoms. The van der Waals surface area contributed by atoms with Crippen molar-refractivity contribution in [3.63, 3.8) is 0 Å². The molecule has 1 N–H and O–H groups in total. The van der Waals surface area contributed by atoms with Gasteiger partial charge in [0.2, 0.25) is 10.0 Å². The number of hydrogen-bond acceptors (Lipinski definition) is 3. The maximum atomic E-state index is 12.6. The number of hydrogen-bond donors (Lipinski definition) is 1. The lowest BCUT2D eigenvalue weighted by Crippen LogP contribution is -2.30. The third-order valence-corrected chi connectivity index (χ3v) is 5.10. The van der Waals surface area contributed by atoms with Crippen molar-refractivity contribution in [1.82, 2.24) is 4.72 Å². The summed E-state index contributed by atoms with van der Waals surface area (Å²) in [6.07, 6.45) is 0.736. The second-order valence-corrected chi connectivity index (χ2v) is 8.07. The molecule has 5 heteroatoms. The minimum atomic E-state index is -3.42. The van der Waals surface area contributed by atoms with Gasteiger partial charge in [-0.15, -0.1) is 0 Å². The summed E-state index contributed by atoms with van der Waals surface area (Å²) in [6.45, 7) is 4.17. The summed E-state index contributed by atoms with van der Waals surface area (Å²) in [4.78, 5) is 0. The van der Waals surface area contributed by atoms with E-state index in [9.17, 15) is 8.42 Å². The summed E-state index contributed by atoms with van der Waals surface area (Å²) in [6, 6.07) is 16.5. The van der Waals surface area contributed by atoms with E-state index in [1.54, 1.807) is 7.11 Å². The highest BCUT2D eigenvalue weighted by Gasteiger charge is 2.21. The van der Waals surface area contributed by atoms with Crippen molar-refractivity contribution in [2.75, 3.05) is 7.11 Å². The van der Waals surface area contributed by atoms with Crippen LogP contribution in [0.3, 0.4) is 0 Å². The molecular weight excluding hydrogens is 322 g/mol. The second kappa shape index (κ2) is 8.31. The van der Waals surface area contributed by atoms with Crippen LogP contribution in [0.25, 0.3) is 0 Å². The molecule has 0 aliphatic rings. The van der Waals surface area contributed by atoms with E-state index >= 15 is 0 Å². The van der Waals surface area contributed by atoms with Gasteiger partial charge in [-0.3, -0.25) is 0 Å². The SMILES string of the molecule is COc1ccc(C(CC(C)C)NS(=O)(=O)Cc2ccccc2)cc1. The fraction of sp³-hybridized carbons (Fsp3) is 0.368. The highest BCUT2D eigenvalue weighted by molar-refractivity contribution is 7.88. The Labute approximate surface area is 144 Å². The van der Waals surface area contributed by atoms with Gasteiger partial charge in [-0.1, -0.05) is 56.3 Å². The van der Waals surface area contributed by atoms with Gasteiger partial charge in [0.15, 0.2) is 0 Å². The molecule has 1 atom stereocenters. The van der Waals surface area contributed by atoms with Crippen LogP contribution in [0.15, 0.2) is 54.6 Å². The Kier molecular flexibility index (Phi) is 6.40. The first-order chi connectivity index (χ1) is 11.4. The molecule has 0 saturated heterocycles. The lowest BCUT2D eigenvalue weighted by Gasteiger charge is -2.21. The predicted molar refractivity (Wildman–Crippen MR) is 97.4 cm³/mol. The molecule has 4 nitrogen and oxygen atoms in total. The van der Waals surface area contributed by atoms with Crippen molar-refractivity contribution in [1.29, 1.82) is 0 Å². The summed E-state index contributed by atoms with van der Waals surface area (Å²) in [5, 5.41) is 0. The van der Waals surface area contributed by atoms with Crippen molar-refractivity contribution >= 4 is 10.0 Å². The van der Waals surface area contributed by atoms with E-state index in [4.69, 9.17) is 4.74 Å². The number of benzene rings is 2. The van der Waals surface area contributed by atoms with Crippen molar-refractivity contribution < 1.29 is 13.2 Å². The maximum absolute atomic E-state index is 12.6. The summed E-state index contributed by atoms with van der Waals surface area (Å²) in [5.41, 5.74) is 1.73. The molecular formula is C19H25NO3S. The summed E-state index contributed by atoms with van der Waals surface area (Å²) < 4.78 is 33.1. The summed E-state index contributed by atoms with van der Waals surface area (Å²) in [5.74, 6) is 1.12. The van der Waals surface area contributed by atoms with Crippen LogP contribution in [-0.2, 0) is 15.8 Å². The van der Waals surface area contributed by atoms with E-state index in [1.807, 2.05) is 54.6 Å². The highest BCUT2D eigenvalue weighted by atomic mass is 32.2. The monoisotopic (exact) mass is 347 g/mol. The Morgan fingerprint density at radius 2 is 1.62 bits per heavy atom. The zero-order valence-electron chi connectivity index (χ0n) is 14.4. The Bertz CT molecular complexity index is 725. The molecule has 2 aromatic rings. The zero-order chi connectivity index (χ0) is 17.6. The van der Waals surface area contributed by atoms with Crippen LogP contribution in [0.5, 0.6) is 5.75 Å². The topological polar surface area (TPSA) is 55.4 Å². The maximum Gasteiger partial charge on any atom is 0.216 e. The molecule has 0 saturated carbocycles. The van der Waals surface area contributed by atoms with Gasteiger partial charge in [0.25, 0.3) is 0 Å². The van der Waals surface area contributed by atoms with E-state index in [2.05, 4.69) is 18.6 Å². The van der Waals surface area contributed by atoms with Crippen molar-refractivity contribution in [2.45, 2.75) is 32.1 Å². The minimum Gasteiger partial charge on any atom is -0.497 e. The minimum absolute atomic E-state index is 0.0153. The predicted octanol–water partition coefficient (Wildman–Crippen LogP) is 3.90. The van der Waals surface area contributed by atoms with Gasteiger partial charge in [0.05, 0.1) is 12.9 Å². The van der Waals surface area contributed by atoms with E-state index in [1.165, 1.54) is 0 Å². The van der Waals surface area contributed by atoms with E-state index in [0.29, 0.717) is 5.92 Å². The van der Waals surface area contributed by atoms with Gasteiger partial charge in [-0.05, 0) is 35.6 Å². The number of sulfonamides is 1. The van der Waals surface area contributed by atoms with Crippen molar-refractivity contribution in [3.05, 3.63) is 65.7 Å². The highest BCUT2D eigenvalue weighted by Crippen LogP contribution is 2.25. The van der Waals surface area contributed by atoms with Crippen molar-refractivity contribution in [2.24, 2.45) is 5.92 Å². The molecule has 0 heterocycles. The lowest BCUT2D eigenvalue weighted by atomic mass is 9.98. The Balaban J connectivity index is 2.17. The van der Waals surface area contributed by atoms with E-state index in [-0.39, 0.29) is 11.8 Å².